The van der Waals surface area contributed by atoms with Gasteiger partial charge in [-0.25, -0.2) is 9.97 Å². The van der Waals surface area contributed by atoms with Crippen molar-refractivity contribution in [3.63, 3.8) is 0 Å². The lowest BCUT2D eigenvalue weighted by molar-refractivity contribution is 0.0729. The van der Waals surface area contributed by atoms with Crippen molar-refractivity contribution in [2.24, 2.45) is 0 Å². The maximum absolute atomic E-state index is 13.0. The van der Waals surface area contributed by atoms with Crippen LogP contribution < -0.4 is 10.1 Å². The molecule has 1 fully saturated rings. The van der Waals surface area contributed by atoms with E-state index in [2.05, 4.69) is 10.3 Å². The number of fused-ring (bicyclic) bond motifs is 1. The molecule has 0 aliphatic carbocycles. The molecule has 0 saturated carbocycles. The SMILES string of the molecule is CCOc1ccccc1C(=O)N1CCc2nc(C3CCNC3)ncc2C1. The normalized spacial score (nSPS) is 19.3. The van der Waals surface area contributed by atoms with Crippen LogP contribution in [0.25, 0.3) is 0 Å². The number of carbonyl (C=O) groups is 1. The van der Waals surface area contributed by atoms with Crippen LogP contribution in [0.2, 0.25) is 0 Å². The Morgan fingerprint density at radius 1 is 1.38 bits per heavy atom. The summed E-state index contributed by atoms with van der Waals surface area (Å²) in [5, 5.41) is 3.36. The molecule has 2 aliphatic rings. The summed E-state index contributed by atoms with van der Waals surface area (Å²) in [7, 11) is 0. The molecular formula is C20H24N4O2. The molecule has 1 saturated heterocycles. The van der Waals surface area contributed by atoms with Gasteiger partial charge in [0.15, 0.2) is 0 Å². The molecule has 6 heteroatoms. The molecule has 1 atom stereocenters. The number of hydrogen-bond donors (Lipinski definition) is 1. The van der Waals surface area contributed by atoms with Crippen LogP contribution in [0.1, 0.15) is 46.7 Å². The molecule has 0 radical (unpaired) electrons. The molecule has 2 aromatic rings. The monoisotopic (exact) mass is 352 g/mol. The Bertz CT molecular complexity index is 802. The average molecular weight is 352 g/mol. The second-order valence-electron chi connectivity index (χ2n) is 6.80. The molecular weight excluding hydrogens is 328 g/mol. The number of nitrogens with zero attached hydrogens (tertiary/aromatic N) is 3. The fourth-order valence-corrected chi connectivity index (χ4v) is 3.67. The van der Waals surface area contributed by atoms with Crippen LogP contribution in [-0.4, -0.2) is 47.0 Å². The summed E-state index contributed by atoms with van der Waals surface area (Å²) in [6.07, 6.45) is 3.77. The molecule has 136 valence electrons. The Hall–Kier alpha value is -2.47. The van der Waals surface area contributed by atoms with Crippen LogP contribution >= 0.6 is 0 Å². The van der Waals surface area contributed by atoms with Gasteiger partial charge < -0.3 is 15.0 Å². The van der Waals surface area contributed by atoms with Crippen LogP contribution in [0, 0.1) is 0 Å². The van der Waals surface area contributed by atoms with Crippen molar-refractivity contribution in [1.29, 1.82) is 0 Å². The molecule has 6 nitrogen and oxygen atoms in total. The number of ether oxygens (including phenoxy) is 1. The van der Waals surface area contributed by atoms with Crippen LogP contribution in [-0.2, 0) is 13.0 Å². The standard InChI is InChI=1S/C20H24N4O2/c1-2-26-18-6-4-3-5-16(18)20(25)24-10-8-17-15(13-24)12-22-19(23-17)14-7-9-21-11-14/h3-6,12,14,21H,2,7-11,13H2,1H3. The van der Waals surface area contributed by atoms with Crippen molar-refractivity contribution >= 4 is 5.91 Å². The fourth-order valence-electron chi connectivity index (χ4n) is 3.67. The summed E-state index contributed by atoms with van der Waals surface area (Å²) in [6, 6.07) is 7.44. The highest BCUT2D eigenvalue weighted by atomic mass is 16.5. The summed E-state index contributed by atoms with van der Waals surface area (Å²) in [5.74, 6) is 2.00. The minimum Gasteiger partial charge on any atom is -0.493 e. The first kappa shape index (κ1) is 17.0. The zero-order valence-corrected chi connectivity index (χ0v) is 15.1. The van der Waals surface area contributed by atoms with E-state index in [0.717, 1.165) is 43.0 Å². The van der Waals surface area contributed by atoms with E-state index in [-0.39, 0.29) is 5.91 Å². The molecule has 1 aromatic carbocycles. The molecule has 2 aliphatic heterocycles. The first-order valence-electron chi connectivity index (χ1n) is 9.32. The van der Waals surface area contributed by atoms with Crippen molar-refractivity contribution in [2.75, 3.05) is 26.2 Å². The highest BCUT2D eigenvalue weighted by molar-refractivity contribution is 5.97. The summed E-state index contributed by atoms with van der Waals surface area (Å²) in [5.41, 5.74) is 2.75. The van der Waals surface area contributed by atoms with Crippen LogP contribution in [0.4, 0.5) is 0 Å². The second-order valence-corrected chi connectivity index (χ2v) is 6.80. The predicted octanol–water partition coefficient (Wildman–Crippen LogP) is 2.15. The topological polar surface area (TPSA) is 67.3 Å². The third kappa shape index (κ3) is 3.29. The largest absolute Gasteiger partial charge is 0.493 e. The van der Waals surface area contributed by atoms with Gasteiger partial charge in [-0.2, -0.15) is 0 Å². The molecule has 0 spiro atoms. The molecule has 1 unspecified atom stereocenters. The maximum atomic E-state index is 13.0. The minimum atomic E-state index is 0.00349. The fraction of sp³-hybridized carbons (Fsp3) is 0.450. The Morgan fingerprint density at radius 2 is 2.27 bits per heavy atom. The molecule has 4 rings (SSSR count). The second kappa shape index (κ2) is 7.41. The van der Waals surface area contributed by atoms with Gasteiger partial charge in [-0.15, -0.1) is 0 Å². The highest BCUT2D eigenvalue weighted by Crippen LogP contribution is 2.25. The summed E-state index contributed by atoms with van der Waals surface area (Å²) >= 11 is 0. The van der Waals surface area contributed by atoms with Crippen molar-refractivity contribution in [3.8, 4) is 5.75 Å². The number of amides is 1. The summed E-state index contributed by atoms with van der Waals surface area (Å²) in [6.45, 7) is 5.68. The van der Waals surface area contributed by atoms with E-state index in [1.165, 1.54) is 0 Å². The van der Waals surface area contributed by atoms with Crippen LogP contribution in [0.5, 0.6) is 5.75 Å². The number of rotatable bonds is 4. The van der Waals surface area contributed by atoms with Gasteiger partial charge >= 0.3 is 0 Å². The maximum Gasteiger partial charge on any atom is 0.257 e. The molecule has 0 bridgehead atoms. The van der Waals surface area contributed by atoms with E-state index < -0.39 is 0 Å². The van der Waals surface area contributed by atoms with Gasteiger partial charge in [0.2, 0.25) is 0 Å². The van der Waals surface area contributed by atoms with E-state index in [9.17, 15) is 4.79 Å². The smallest absolute Gasteiger partial charge is 0.257 e. The molecule has 26 heavy (non-hydrogen) atoms. The highest BCUT2D eigenvalue weighted by Gasteiger charge is 2.26. The number of aromatic nitrogens is 2. The Morgan fingerprint density at radius 3 is 3.08 bits per heavy atom. The zero-order valence-electron chi connectivity index (χ0n) is 15.1. The zero-order chi connectivity index (χ0) is 17.9. The van der Waals surface area contributed by atoms with Gasteiger partial charge in [0.25, 0.3) is 5.91 Å². The third-order valence-corrected chi connectivity index (χ3v) is 5.08. The molecule has 1 amide bonds. The minimum absolute atomic E-state index is 0.00349. The third-order valence-electron chi connectivity index (χ3n) is 5.08. The van der Waals surface area contributed by atoms with Crippen molar-refractivity contribution in [1.82, 2.24) is 20.2 Å². The van der Waals surface area contributed by atoms with Gasteiger partial charge in [-0.3, -0.25) is 4.79 Å². The van der Waals surface area contributed by atoms with Gasteiger partial charge in [-0.05, 0) is 32.0 Å². The number of nitrogens with one attached hydrogen (secondary N) is 1. The molecule has 1 N–H and O–H groups in total. The lowest BCUT2D eigenvalue weighted by atomic mass is 10.0. The molecule has 1 aromatic heterocycles. The van der Waals surface area contributed by atoms with E-state index in [0.29, 0.717) is 36.9 Å². The number of benzene rings is 1. The lowest BCUT2D eigenvalue weighted by Gasteiger charge is -2.29. The number of carbonyl (C=O) groups excluding carboxylic acids is 1. The summed E-state index contributed by atoms with van der Waals surface area (Å²) < 4.78 is 5.61. The first-order chi connectivity index (χ1) is 12.8. The number of para-hydroxylation sites is 1. The summed E-state index contributed by atoms with van der Waals surface area (Å²) in [4.78, 5) is 24.2. The van der Waals surface area contributed by atoms with E-state index >= 15 is 0 Å². The Balaban J connectivity index is 1.52. The molecule has 3 heterocycles. The van der Waals surface area contributed by atoms with Gasteiger partial charge in [0.1, 0.15) is 11.6 Å². The average Bonchev–Trinajstić information content (AvgIpc) is 3.22. The van der Waals surface area contributed by atoms with Crippen LogP contribution in [0.15, 0.2) is 30.5 Å². The Kier molecular flexibility index (Phi) is 4.84. The van der Waals surface area contributed by atoms with Gasteiger partial charge in [0, 0.05) is 43.7 Å². The number of hydrogen-bond acceptors (Lipinski definition) is 5. The Labute approximate surface area is 153 Å². The van der Waals surface area contributed by atoms with Crippen molar-refractivity contribution < 1.29 is 9.53 Å². The lowest BCUT2D eigenvalue weighted by Crippen LogP contribution is -2.37. The van der Waals surface area contributed by atoms with Gasteiger partial charge in [0.05, 0.1) is 17.9 Å². The van der Waals surface area contributed by atoms with Crippen molar-refractivity contribution in [3.05, 3.63) is 53.1 Å². The first-order valence-corrected chi connectivity index (χ1v) is 9.32. The quantitative estimate of drug-likeness (QED) is 0.913. The van der Waals surface area contributed by atoms with E-state index in [1.807, 2.05) is 42.3 Å². The van der Waals surface area contributed by atoms with E-state index in [1.54, 1.807) is 0 Å². The van der Waals surface area contributed by atoms with E-state index in [4.69, 9.17) is 9.72 Å². The van der Waals surface area contributed by atoms with Crippen LogP contribution in [0.3, 0.4) is 0 Å². The predicted molar refractivity (Wildman–Crippen MR) is 98.3 cm³/mol. The van der Waals surface area contributed by atoms with Crippen molar-refractivity contribution in [2.45, 2.75) is 32.2 Å². The van der Waals surface area contributed by atoms with Gasteiger partial charge in [-0.1, -0.05) is 12.1 Å².